The second-order valence-electron chi connectivity index (χ2n) is 6.17. The van der Waals surface area contributed by atoms with Crippen LogP contribution in [-0.4, -0.2) is 23.3 Å². The molecule has 2 amide bonds. The van der Waals surface area contributed by atoms with Crippen LogP contribution < -0.4 is 5.32 Å². The average Bonchev–Trinajstić information content (AvgIpc) is 2.62. The van der Waals surface area contributed by atoms with Crippen LogP contribution in [0.1, 0.15) is 37.5 Å². The second kappa shape index (κ2) is 9.39. The fourth-order valence-corrected chi connectivity index (χ4v) is 3.06. The molecule has 0 fully saturated rings. The third-order valence-electron chi connectivity index (χ3n) is 4.36. The Hall–Kier alpha value is -2.33. The number of carbonyl (C=O) groups excluding carboxylic acids is 2. The lowest BCUT2D eigenvalue weighted by Crippen LogP contribution is -2.36. The molecule has 0 spiro atoms. The first-order valence-electron chi connectivity index (χ1n) is 8.85. The zero-order valence-corrected chi connectivity index (χ0v) is 16.3. The summed E-state index contributed by atoms with van der Waals surface area (Å²) in [5.74, 6) is -0.373. The van der Waals surface area contributed by atoms with Crippen LogP contribution in [0.2, 0.25) is 5.02 Å². The van der Waals surface area contributed by atoms with Gasteiger partial charge < -0.3 is 10.2 Å². The number of halogens is 1. The molecule has 2 aromatic carbocycles. The molecule has 138 valence electrons. The number of anilines is 1. The van der Waals surface area contributed by atoms with Crippen LogP contribution >= 0.6 is 11.6 Å². The largest absolute Gasteiger partial charge is 0.329 e. The van der Waals surface area contributed by atoms with Crippen molar-refractivity contribution in [3.05, 3.63) is 64.2 Å². The molecule has 0 saturated heterocycles. The van der Waals surface area contributed by atoms with Crippen molar-refractivity contribution in [2.45, 2.75) is 40.2 Å². The van der Waals surface area contributed by atoms with Gasteiger partial charge in [0.05, 0.1) is 0 Å². The molecule has 0 aliphatic heterocycles. The lowest BCUT2D eigenvalue weighted by molar-refractivity contribution is -0.133. The third-order valence-corrected chi connectivity index (χ3v) is 4.73. The first-order chi connectivity index (χ1) is 12.5. The number of para-hydroxylation sites is 1. The zero-order valence-electron chi connectivity index (χ0n) is 15.5. The number of aryl methyl sites for hydroxylation is 2. The van der Waals surface area contributed by atoms with Crippen molar-refractivity contribution in [1.82, 2.24) is 4.90 Å². The number of nitrogens with zero attached hydrogens (tertiary/aromatic N) is 1. The van der Waals surface area contributed by atoms with Gasteiger partial charge in [0.2, 0.25) is 11.8 Å². The molecule has 2 aromatic rings. The minimum atomic E-state index is -0.206. The molecule has 0 atom stereocenters. The van der Waals surface area contributed by atoms with E-state index in [4.69, 9.17) is 11.6 Å². The van der Waals surface area contributed by atoms with Gasteiger partial charge in [-0.05, 0) is 35.6 Å². The molecule has 1 N–H and O–H groups in total. The Labute approximate surface area is 160 Å². The van der Waals surface area contributed by atoms with Crippen molar-refractivity contribution >= 4 is 29.1 Å². The van der Waals surface area contributed by atoms with Crippen LogP contribution in [0.4, 0.5) is 5.69 Å². The summed E-state index contributed by atoms with van der Waals surface area (Å²) in [6.07, 6.45) is 1.67. The van der Waals surface area contributed by atoms with Crippen LogP contribution in [-0.2, 0) is 29.0 Å². The summed E-state index contributed by atoms with van der Waals surface area (Å²) in [6, 6.07) is 13.4. The molecular weight excluding hydrogens is 348 g/mol. The number of rotatable bonds is 7. The van der Waals surface area contributed by atoms with Crippen molar-refractivity contribution in [2.75, 3.05) is 11.9 Å². The highest BCUT2D eigenvalue weighted by Crippen LogP contribution is 2.23. The minimum absolute atomic E-state index is 0.0121. The van der Waals surface area contributed by atoms with Crippen LogP contribution in [0.5, 0.6) is 0 Å². The Balaban J connectivity index is 2.14. The highest BCUT2D eigenvalue weighted by atomic mass is 35.5. The van der Waals surface area contributed by atoms with E-state index in [-0.39, 0.29) is 18.4 Å². The predicted octanol–water partition coefficient (Wildman–Crippen LogP) is 4.45. The van der Waals surface area contributed by atoms with Crippen molar-refractivity contribution in [1.29, 1.82) is 0 Å². The SMILES string of the molecule is CCc1cccc(CC)c1NC(=O)CN(Cc1ccccc1Cl)C(C)=O. The van der Waals surface area contributed by atoms with Gasteiger partial charge in [-0.25, -0.2) is 0 Å². The van der Waals surface area contributed by atoms with E-state index >= 15 is 0 Å². The number of hydrogen-bond donors (Lipinski definition) is 1. The first kappa shape index (κ1) is 20.0. The number of amides is 2. The molecule has 0 saturated carbocycles. The maximum absolute atomic E-state index is 12.6. The van der Waals surface area contributed by atoms with Gasteiger partial charge in [0.25, 0.3) is 0 Å². The summed E-state index contributed by atoms with van der Waals surface area (Å²) in [7, 11) is 0. The molecule has 5 heteroatoms. The highest BCUT2D eigenvalue weighted by molar-refractivity contribution is 6.31. The summed E-state index contributed by atoms with van der Waals surface area (Å²) >= 11 is 6.18. The Morgan fingerprint density at radius 3 is 2.08 bits per heavy atom. The molecule has 0 aliphatic rings. The summed E-state index contributed by atoms with van der Waals surface area (Å²) in [4.78, 5) is 26.1. The van der Waals surface area contributed by atoms with Crippen molar-refractivity contribution in [3.8, 4) is 0 Å². The third kappa shape index (κ3) is 5.09. The lowest BCUT2D eigenvalue weighted by atomic mass is 10.0. The summed E-state index contributed by atoms with van der Waals surface area (Å²) < 4.78 is 0. The number of benzene rings is 2. The van der Waals surface area contributed by atoms with E-state index in [9.17, 15) is 9.59 Å². The van der Waals surface area contributed by atoms with Gasteiger partial charge >= 0.3 is 0 Å². The summed E-state index contributed by atoms with van der Waals surface area (Å²) in [5, 5.41) is 3.59. The maximum Gasteiger partial charge on any atom is 0.244 e. The van der Waals surface area contributed by atoms with E-state index in [2.05, 4.69) is 19.2 Å². The van der Waals surface area contributed by atoms with Gasteiger partial charge in [-0.15, -0.1) is 0 Å². The Morgan fingerprint density at radius 1 is 0.962 bits per heavy atom. The molecule has 0 unspecified atom stereocenters. The lowest BCUT2D eigenvalue weighted by Gasteiger charge is -2.22. The van der Waals surface area contributed by atoms with E-state index < -0.39 is 0 Å². The van der Waals surface area contributed by atoms with Crippen LogP contribution in [0.25, 0.3) is 0 Å². The smallest absolute Gasteiger partial charge is 0.244 e. The Morgan fingerprint density at radius 2 is 1.54 bits per heavy atom. The van der Waals surface area contributed by atoms with Gasteiger partial charge in [-0.1, -0.05) is 61.8 Å². The van der Waals surface area contributed by atoms with E-state index in [1.165, 1.54) is 11.8 Å². The topological polar surface area (TPSA) is 49.4 Å². The quantitative estimate of drug-likeness (QED) is 0.780. The fourth-order valence-electron chi connectivity index (χ4n) is 2.87. The number of nitrogens with one attached hydrogen (secondary N) is 1. The van der Waals surface area contributed by atoms with Crippen LogP contribution in [0.15, 0.2) is 42.5 Å². The number of carbonyl (C=O) groups is 2. The molecule has 0 aliphatic carbocycles. The Bertz CT molecular complexity index is 767. The van der Waals surface area contributed by atoms with Crippen LogP contribution in [0, 0.1) is 0 Å². The zero-order chi connectivity index (χ0) is 19.1. The average molecular weight is 373 g/mol. The molecule has 26 heavy (non-hydrogen) atoms. The highest BCUT2D eigenvalue weighted by Gasteiger charge is 2.17. The van der Waals surface area contributed by atoms with Gasteiger partial charge in [-0.2, -0.15) is 0 Å². The second-order valence-corrected chi connectivity index (χ2v) is 6.58. The van der Waals surface area contributed by atoms with Gasteiger partial charge in [0, 0.05) is 24.2 Å². The van der Waals surface area contributed by atoms with Gasteiger partial charge in [0.15, 0.2) is 0 Å². The molecule has 0 aromatic heterocycles. The molecule has 0 heterocycles. The van der Waals surface area contributed by atoms with E-state index in [1.807, 2.05) is 36.4 Å². The molecule has 0 bridgehead atoms. The van der Waals surface area contributed by atoms with Crippen LogP contribution in [0.3, 0.4) is 0 Å². The van der Waals surface area contributed by atoms with Crippen molar-refractivity contribution < 1.29 is 9.59 Å². The standard InChI is InChI=1S/C21H25ClN2O2/c1-4-16-10-8-11-17(5-2)21(16)23-20(26)14-24(15(3)25)13-18-9-6-7-12-19(18)22/h6-12H,4-5,13-14H2,1-3H3,(H,23,26). The summed E-state index contributed by atoms with van der Waals surface area (Å²) in [6.45, 7) is 5.87. The van der Waals surface area contributed by atoms with E-state index in [0.717, 1.165) is 35.2 Å². The fraction of sp³-hybridized carbons (Fsp3) is 0.333. The van der Waals surface area contributed by atoms with E-state index in [1.54, 1.807) is 6.07 Å². The maximum atomic E-state index is 12.6. The van der Waals surface area contributed by atoms with Gasteiger partial charge in [0.1, 0.15) is 6.54 Å². The van der Waals surface area contributed by atoms with Crippen molar-refractivity contribution in [2.24, 2.45) is 0 Å². The minimum Gasteiger partial charge on any atom is -0.329 e. The van der Waals surface area contributed by atoms with E-state index in [0.29, 0.717) is 11.6 Å². The summed E-state index contributed by atoms with van der Waals surface area (Å²) in [5.41, 5.74) is 3.88. The molecule has 4 nitrogen and oxygen atoms in total. The molecular formula is C21H25ClN2O2. The molecule has 0 radical (unpaired) electrons. The Kier molecular flexibility index (Phi) is 7.22. The first-order valence-corrected chi connectivity index (χ1v) is 9.23. The molecule has 2 rings (SSSR count). The van der Waals surface area contributed by atoms with Crippen molar-refractivity contribution in [3.63, 3.8) is 0 Å². The normalized spacial score (nSPS) is 10.5. The predicted molar refractivity (Wildman–Crippen MR) is 106 cm³/mol. The number of hydrogen-bond acceptors (Lipinski definition) is 2. The monoisotopic (exact) mass is 372 g/mol. The van der Waals surface area contributed by atoms with Gasteiger partial charge in [-0.3, -0.25) is 9.59 Å².